The highest BCUT2D eigenvalue weighted by molar-refractivity contribution is 5.78. The highest BCUT2D eigenvalue weighted by Crippen LogP contribution is 2.36. The molecule has 14 heavy (non-hydrogen) atoms. The molecule has 1 aromatic heterocycles. The van der Waals surface area contributed by atoms with Crippen LogP contribution in [0.1, 0.15) is 25.5 Å². The van der Waals surface area contributed by atoms with Gasteiger partial charge in [0.05, 0.1) is 12.8 Å². The number of carbonyl (C=O) groups excluding carboxylic acids is 1. The number of nitrogens with one attached hydrogen (secondary N) is 1. The molecule has 1 atom stereocenters. The molecule has 0 bridgehead atoms. The summed E-state index contributed by atoms with van der Waals surface area (Å²) < 4.78 is 5.13. The zero-order valence-electron chi connectivity index (χ0n) is 8.32. The van der Waals surface area contributed by atoms with E-state index in [9.17, 15) is 4.79 Å². The second kappa shape index (κ2) is 3.86. The van der Waals surface area contributed by atoms with Crippen molar-refractivity contribution in [1.29, 1.82) is 0 Å². The van der Waals surface area contributed by atoms with Crippen molar-refractivity contribution in [1.82, 2.24) is 5.32 Å². The van der Waals surface area contributed by atoms with Crippen LogP contribution in [0.25, 0.3) is 0 Å². The molecule has 0 aromatic carbocycles. The Morgan fingerprint density at radius 3 is 3.07 bits per heavy atom. The summed E-state index contributed by atoms with van der Waals surface area (Å²) in [7, 11) is 0. The van der Waals surface area contributed by atoms with Crippen molar-refractivity contribution in [2.24, 2.45) is 11.8 Å². The number of rotatable bonds is 4. The summed E-state index contributed by atoms with van der Waals surface area (Å²) in [5.74, 6) is 1.72. The van der Waals surface area contributed by atoms with Gasteiger partial charge in [-0.05, 0) is 30.9 Å². The normalized spacial score (nSPS) is 17.8. The molecule has 3 nitrogen and oxygen atoms in total. The molecular weight excluding hydrogens is 178 g/mol. The summed E-state index contributed by atoms with van der Waals surface area (Å²) in [5.41, 5.74) is 0. The highest BCUT2D eigenvalue weighted by Gasteiger charge is 2.32. The third kappa shape index (κ3) is 2.16. The average molecular weight is 193 g/mol. The molecule has 1 unspecified atom stereocenters. The topological polar surface area (TPSA) is 42.2 Å². The Morgan fingerprint density at radius 2 is 2.50 bits per heavy atom. The molecule has 1 aliphatic rings. The van der Waals surface area contributed by atoms with E-state index >= 15 is 0 Å². The van der Waals surface area contributed by atoms with Gasteiger partial charge in [0.25, 0.3) is 0 Å². The molecule has 0 aliphatic heterocycles. The third-order valence-electron chi connectivity index (χ3n) is 2.76. The predicted octanol–water partition coefficient (Wildman–Crippen LogP) is 1.94. The molecule has 1 heterocycles. The first-order valence-corrected chi connectivity index (χ1v) is 5.07. The summed E-state index contributed by atoms with van der Waals surface area (Å²) in [4.78, 5) is 11.6. The van der Waals surface area contributed by atoms with Gasteiger partial charge in [-0.15, -0.1) is 0 Å². The second-order valence-electron chi connectivity index (χ2n) is 3.92. The van der Waals surface area contributed by atoms with Gasteiger partial charge in [0, 0.05) is 5.92 Å². The van der Waals surface area contributed by atoms with Crippen LogP contribution in [0.2, 0.25) is 0 Å². The molecule has 0 radical (unpaired) electrons. The van der Waals surface area contributed by atoms with E-state index in [0.717, 1.165) is 5.76 Å². The Labute approximate surface area is 83.5 Å². The van der Waals surface area contributed by atoms with E-state index in [0.29, 0.717) is 12.5 Å². The highest BCUT2D eigenvalue weighted by atomic mass is 16.3. The fraction of sp³-hybridized carbons (Fsp3) is 0.545. The van der Waals surface area contributed by atoms with E-state index in [4.69, 9.17) is 4.42 Å². The standard InChI is InChI=1S/C11H15NO2/c1-8(9-4-5-9)11(13)12-7-10-3-2-6-14-10/h2-3,6,8-9H,4-5,7H2,1H3,(H,12,13). The van der Waals surface area contributed by atoms with Gasteiger partial charge in [-0.1, -0.05) is 6.92 Å². The van der Waals surface area contributed by atoms with Crippen LogP contribution in [0.15, 0.2) is 22.8 Å². The van der Waals surface area contributed by atoms with Crippen LogP contribution < -0.4 is 5.32 Å². The van der Waals surface area contributed by atoms with Crippen molar-refractivity contribution in [3.8, 4) is 0 Å². The maximum absolute atomic E-state index is 11.6. The molecule has 76 valence electrons. The summed E-state index contributed by atoms with van der Waals surface area (Å²) in [6.07, 6.45) is 4.02. The Morgan fingerprint density at radius 1 is 1.71 bits per heavy atom. The van der Waals surface area contributed by atoms with Gasteiger partial charge < -0.3 is 9.73 Å². The van der Waals surface area contributed by atoms with E-state index < -0.39 is 0 Å². The maximum atomic E-state index is 11.6. The van der Waals surface area contributed by atoms with E-state index in [1.807, 2.05) is 19.1 Å². The van der Waals surface area contributed by atoms with Crippen LogP contribution >= 0.6 is 0 Å². The quantitative estimate of drug-likeness (QED) is 0.794. The van der Waals surface area contributed by atoms with Crippen molar-refractivity contribution in [3.63, 3.8) is 0 Å². The molecular formula is C11H15NO2. The number of furan rings is 1. The van der Waals surface area contributed by atoms with Crippen LogP contribution in [0, 0.1) is 11.8 Å². The number of hydrogen-bond acceptors (Lipinski definition) is 2. The molecule has 1 amide bonds. The number of carbonyl (C=O) groups is 1. The van der Waals surface area contributed by atoms with E-state index in [-0.39, 0.29) is 11.8 Å². The van der Waals surface area contributed by atoms with Crippen LogP contribution in [0.4, 0.5) is 0 Å². The first-order chi connectivity index (χ1) is 6.77. The van der Waals surface area contributed by atoms with Crippen LogP contribution in [0.3, 0.4) is 0 Å². The summed E-state index contributed by atoms with van der Waals surface area (Å²) >= 11 is 0. The lowest BCUT2D eigenvalue weighted by atomic mass is 10.1. The zero-order valence-corrected chi connectivity index (χ0v) is 8.32. The Bertz CT molecular complexity index is 301. The molecule has 1 aliphatic carbocycles. The fourth-order valence-corrected chi connectivity index (χ4v) is 1.56. The molecule has 1 saturated carbocycles. The molecule has 1 N–H and O–H groups in total. The Hall–Kier alpha value is -1.25. The minimum atomic E-state index is 0.143. The summed E-state index contributed by atoms with van der Waals surface area (Å²) in [6.45, 7) is 2.50. The lowest BCUT2D eigenvalue weighted by Crippen LogP contribution is -2.29. The molecule has 1 fully saturated rings. The van der Waals surface area contributed by atoms with Gasteiger partial charge in [0.15, 0.2) is 0 Å². The van der Waals surface area contributed by atoms with Gasteiger partial charge in [0.2, 0.25) is 5.91 Å². The average Bonchev–Trinajstić information content (AvgIpc) is 2.91. The second-order valence-corrected chi connectivity index (χ2v) is 3.92. The third-order valence-corrected chi connectivity index (χ3v) is 2.76. The van der Waals surface area contributed by atoms with Gasteiger partial charge in [-0.25, -0.2) is 0 Å². The van der Waals surface area contributed by atoms with Crippen molar-refractivity contribution in [2.45, 2.75) is 26.3 Å². The lowest BCUT2D eigenvalue weighted by Gasteiger charge is -2.09. The van der Waals surface area contributed by atoms with Gasteiger partial charge in [-0.3, -0.25) is 4.79 Å². The van der Waals surface area contributed by atoms with Gasteiger partial charge >= 0.3 is 0 Å². The van der Waals surface area contributed by atoms with Crippen LogP contribution in [0.5, 0.6) is 0 Å². The smallest absolute Gasteiger partial charge is 0.223 e. The number of amides is 1. The molecule has 1 aromatic rings. The maximum Gasteiger partial charge on any atom is 0.223 e. The van der Waals surface area contributed by atoms with Gasteiger partial charge in [0.1, 0.15) is 5.76 Å². The SMILES string of the molecule is CC(C(=O)NCc1ccco1)C1CC1. The van der Waals surface area contributed by atoms with Crippen molar-refractivity contribution in [3.05, 3.63) is 24.2 Å². The van der Waals surface area contributed by atoms with E-state index in [1.165, 1.54) is 12.8 Å². The Balaban J connectivity index is 1.77. The lowest BCUT2D eigenvalue weighted by molar-refractivity contribution is -0.125. The fourth-order valence-electron chi connectivity index (χ4n) is 1.56. The van der Waals surface area contributed by atoms with E-state index in [1.54, 1.807) is 6.26 Å². The first kappa shape index (κ1) is 9.31. The van der Waals surface area contributed by atoms with E-state index in [2.05, 4.69) is 5.32 Å². The van der Waals surface area contributed by atoms with Crippen molar-refractivity contribution >= 4 is 5.91 Å². The van der Waals surface area contributed by atoms with Crippen LogP contribution in [-0.4, -0.2) is 5.91 Å². The van der Waals surface area contributed by atoms with Crippen molar-refractivity contribution < 1.29 is 9.21 Å². The molecule has 3 heteroatoms. The largest absolute Gasteiger partial charge is 0.467 e. The minimum absolute atomic E-state index is 0.143. The van der Waals surface area contributed by atoms with Crippen molar-refractivity contribution in [2.75, 3.05) is 0 Å². The molecule has 0 saturated heterocycles. The van der Waals surface area contributed by atoms with Gasteiger partial charge in [-0.2, -0.15) is 0 Å². The minimum Gasteiger partial charge on any atom is -0.467 e. The summed E-state index contributed by atoms with van der Waals surface area (Å²) in [5, 5.41) is 2.87. The zero-order chi connectivity index (χ0) is 9.97. The molecule has 2 rings (SSSR count). The predicted molar refractivity (Wildman–Crippen MR) is 52.4 cm³/mol. The first-order valence-electron chi connectivity index (χ1n) is 5.07. The monoisotopic (exact) mass is 193 g/mol. The number of hydrogen-bond donors (Lipinski definition) is 1. The molecule has 0 spiro atoms. The van der Waals surface area contributed by atoms with Crippen LogP contribution in [-0.2, 0) is 11.3 Å². The summed E-state index contributed by atoms with van der Waals surface area (Å²) in [6, 6.07) is 3.69. The Kier molecular flexibility index (Phi) is 2.57.